The summed E-state index contributed by atoms with van der Waals surface area (Å²) in [7, 11) is 0. The Morgan fingerprint density at radius 2 is 2.00 bits per heavy atom. The summed E-state index contributed by atoms with van der Waals surface area (Å²) in [5.74, 6) is 0. The minimum Gasteiger partial charge on any atom is -0.310 e. The van der Waals surface area contributed by atoms with Gasteiger partial charge in [-0.05, 0) is 55.4 Å². The number of rotatable bonds is 5. The van der Waals surface area contributed by atoms with Crippen LogP contribution in [0.2, 0.25) is 0 Å². The van der Waals surface area contributed by atoms with Gasteiger partial charge in [0.15, 0.2) is 5.16 Å². The molecule has 0 spiro atoms. The van der Waals surface area contributed by atoms with Crippen molar-refractivity contribution in [2.45, 2.75) is 36.9 Å². The topological polar surface area (TPSA) is 37.8 Å². The lowest BCUT2D eigenvalue weighted by Crippen LogP contribution is -2.18. The fourth-order valence-corrected chi connectivity index (χ4v) is 3.49. The van der Waals surface area contributed by atoms with Crippen LogP contribution in [0.4, 0.5) is 0 Å². The third-order valence-corrected chi connectivity index (χ3v) is 4.48. The lowest BCUT2D eigenvalue weighted by molar-refractivity contribution is 0.595. The molecule has 0 aliphatic heterocycles. The second-order valence-electron chi connectivity index (χ2n) is 4.61. The fourth-order valence-electron chi connectivity index (χ4n) is 1.88. The Morgan fingerprint density at radius 1 is 1.30 bits per heavy atom. The summed E-state index contributed by atoms with van der Waals surface area (Å²) in [5, 5.41) is 4.19. The smallest absolute Gasteiger partial charge is 0.192 e. The predicted octanol–water partition coefficient (Wildman–Crippen LogP) is 4.37. The quantitative estimate of drug-likeness (QED) is 0.811. The molecule has 0 radical (unpaired) electrons. The van der Waals surface area contributed by atoms with Gasteiger partial charge < -0.3 is 5.32 Å². The molecule has 0 fully saturated rings. The second kappa shape index (κ2) is 7.20. The third-order valence-electron chi connectivity index (χ3n) is 2.92. The Morgan fingerprint density at radius 3 is 2.60 bits per heavy atom. The number of nitrogens with zero attached hydrogens (tertiary/aromatic N) is 2. The highest BCUT2D eigenvalue weighted by Gasteiger charge is 2.09. The number of aryl methyl sites for hydroxylation is 1. The van der Waals surface area contributed by atoms with Crippen LogP contribution < -0.4 is 5.32 Å². The van der Waals surface area contributed by atoms with E-state index in [0.717, 1.165) is 26.6 Å². The van der Waals surface area contributed by atoms with E-state index in [1.165, 1.54) is 5.56 Å². The first-order valence-corrected chi connectivity index (χ1v) is 8.20. The van der Waals surface area contributed by atoms with Crippen molar-refractivity contribution in [3.05, 3.63) is 46.2 Å². The molecular weight excluding hydrogens is 334 g/mol. The van der Waals surface area contributed by atoms with Crippen molar-refractivity contribution in [3.63, 3.8) is 0 Å². The van der Waals surface area contributed by atoms with Gasteiger partial charge in [-0.1, -0.05) is 28.9 Å². The molecule has 1 aromatic heterocycles. The van der Waals surface area contributed by atoms with Crippen LogP contribution in [-0.2, 0) is 0 Å². The van der Waals surface area contributed by atoms with Gasteiger partial charge in [0.05, 0.1) is 0 Å². The van der Waals surface area contributed by atoms with Crippen LogP contribution in [0.1, 0.15) is 31.0 Å². The van der Waals surface area contributed by atoms with E-state index in [-0.39, 0.29) is 0 Å². The van der Waals surface area contributed by atoms with E-state index >= 15 is 0 Å². The molecule has 1 heterocycles. The van der Waals surface area contributed by atoms with Crippen molar-refractivity contribution in [2.75, 3.05) is 6.54 Å². The minimum absolute atomic E-state index is 0.337. The minimum atomic E-state index is 0.337. The Bertz CT molecular complexity index is 572. The SMILES string of the molecule is CCNC(C)c1ccc(Sc2ncc(C)cn2)cc1Br. The first-order valence-electron chi connectivity index (χ1n) is 6.59. The summed E-state index contributed by atoms with van der Waals surface area (Å²) >= 11 is 5.22. The van der Waals surface area contributed by atoms with Gasteiger partial charge in [-0.15, -0.1) is 0 Å². The molecule has 1 atom stereocenters. The molecule has 0 saturated carbocycles. The van der Waals surface area contributed by atoms with Crippen LogP contribution in [0.25, 0.3) is 0 Å². The molecule has 20 heavy (non-hydrogen) atoms. The van der Waals surface area contributed by atoms with Crippen LogP contribution >= 0.6 is 27.7 Å². The Labute approximate surface area is 132 Å². The van der Waals surface area contributed by atoms with Gasteiger partial charge >= 0.3 is 0 Å². The molecule has 1 aromatic carbocycles. The molecule has 0 saturated heterocycles. The van der Waals surface area contributed by atoms with Gasteiger partial charge in [-0.25, -0.2) is 9.97 Å². The normalized spacial score (nSPS) is 12.4. The number of aromatic nitrogens is 2. The zero-order valence-electron chi connectivity index (χ0n) is 11.9. The Kier molecular flexibility index (Phi) is 5.57. The van der Waals surface area contributed by atoms with E-state index in [1.54, 1.807) is 11.8 Å². The molecule has 5 heteroatoms. The summed E-state index contributed by atoms with van der Waals surface area (Å²) in [6.45, 7) is 7.23. The van der Waals surface area contributed by atoms with Crippen LogP contribution in [0.3, 0.4) is 0 Å². The van der Waals surface area contributed by atoms with Crippen LogP contribution in [0.15, 0.2) is 45.1 Å². The number of nitrogens with one attached hydrogen (secondary N) is 1. The highest BCUT2D eigenvalue weighted by Crippen LogP contribution is 2.31. The van der Waals surface area contributed by atoms with Gasteiger partial charge in [0.2, 0.25) is 0 Å². The van der Waals surface area contributed by atoms with Crippen molar-refractivity contribution >= 4 is 27.7 Å². The van der Waals surface area contributed by atoms with Crippen molar-refractivity contribution in [3.8, 4) is 0 Å². The molecule has 0 aliphatic rings. The van der Waals surface area contributed by atoms with E-state index in [9.17, 15) is 0 Å². The van der Waals surface area contributed by atoms with Crippen LogP contribution in [0.5, 0.6) is 0 Å². The monoisotopic (exact) mass is 351 g/mol. The molecule has 2 rings (SSSR count). The predicted molar refractivity (Wildman–Crippen MR) is 87.1 cm³/mol. The first kappa shape index (κ1) is 15.5. The number of halogens is 1. The van der Waals surface area contributed by atoms with Gasteiger partial charge in [-0.2, -0.15) is 0 Å². The van der Waals surface area contributed by atoms with Gasteiger partial charge in [0.25, 0.3) is 0 Å². The molecule has 0 bridgehead atoms. The van der Waals surface area contributed by atoms with Crippen molar-refractivity contribution in [1.29, 1.82) is 0 Å². The largest absolute Gasteiger partial charge is 0.310 e. The standard InChI is InChI=1S/C15H18BrN3S/c1-4-17-11(3)13-6-5-12(7-14(13)16)20-15-18-8-10(2)9-19-15/h5-9,11,17H,4H2,1-3H3. The summed E-state index contributed by atoms with van der Waals surface area (Å²) < 4.78 is 1.11. The Hall–Kier alpha value is -0.910. The van der Waals surface area contributed by atoms with Crippen molar-refractivity contribution in [1.82, 2.24) is 15.3 Å². The molecule has 1 N–H and O–H groups in total. The zero-order chi connectivity index (χ0) is 14.5. The average molecular weight is 352 g/mol. The molecule has 1 unspecified atom stereocenters. The zero-order valence-corrected chi connectivity index (χ0v) is 14.3. The van der Waals surface area contributed by atoms with E-state index in [2.05, 4.69) is 63.3 Å². The van der Waals surface area contributed by atoms with E-state index in [4.69, 9.17) is 0 Å². The molecule has 106 valence electrons. The summed E-state index contributed by atoms with van der Waals surface area (Å²) in [6, 6.07) is 6.72. The number of hydrogen-bond acceptors (Lipinski definition) is 4. The second-order valence-corrected chi connectivity index (χ2v) is 6.50. The van der Waals surface area contributed by atoms with Crippen LogP contribution in [-0.4, -0.2) is 16.5 Å². The summed E-state index contributed by atoms with van der Waals surface area (Å²) in [5.41, 5.74) is 2.34. The third kappa shape index (κ3) is 4.04. The van der Waals surface area contributed by atoms with E-state index in [1.807, 2.05) is 19.3 Å². The average Bonchev–Trinajstić information content (AvgIpc) is 2.42. The molecule has 0 amide bonds. The maximum absolute atomic E-state index is 4.31. The highest BCUT2D eigenvalue weighted by atomic mass is 79.9. The molecular formula is C15H18BrN3S. The Balaban J connectivity index is 2.14. The lowest BCUT2D eigenvalue weighted by atomic mass is 10.1. The highest BCUT2D eigenvalue weighted by molar-refractivity contribution is 9.10. The van der Waals surface area contributed by atoms with E-state index in [0.29, 0.717) is 6.04 Å². The van der Waals surface area contributed by atoms with Crippen LogP contribution in [0, 0.1) is 6.92 Å². The van der Waals surface area contributed by atoms with Gasteiger partial charge in [-0.3, -0.25) is 0 Å². The molecule has 3 nitrogen and oxygen atoms in total. The number of hydrogen-bond donors (Lipinski definition) is 1. The maximum Gasteiger partial charge on any atom is 0.192 e. The molecule has 0 aliphatic carbocycles. The van der Waals surface area contributed by atoms with E-state index < -0.39 is 0 Å². The van der Waals surface area contributed by atoms with Gasteiger partial charge in [0, 0.05) is 27.8 Å². The molecule has 2 aromatic rings. The summed E-state index contributed by atoms with van der Waals surface area (Å²) in [4.78, 5) is 9.76. The van der Waals surface area contributed by atoms with Crippen molar-refractivity contribution < 1.29 is 0 Å². The fraction of sp³-hybridized carbons (Fsp3) is 0.333. The summed E-state index contributed by atoms with van der Waals surface area (Å²) in [6.07, 6.45) is 3.68. The lowest BCUT2D eigenvalue weighted by Gasteiger charge is -2.15. The first-order chi connectivity index (χ1) is 9.60. The number of benzene rings is 1. The maximum atomic E-state index is 4.31. The van der Waals surface area contributed by atoms with Gasteiger partial charge in [0.1, 0.15) is 0 Å². The van der Waals surface area contributed by atoms with Crippen molar-refractivity contribution in [2.24, 2.45) is 0 Å².